The molecule has 2 aromatic carbocycles. The molecule has 0 saturated heterocycles. The first kappa shape index (κ1) is 14.2. The van der Waals surface area contributed by atoms with E-state index in [-0.39, 0.29) is 5.82 Å². The molecule has 0 spiro atoms. The van der Waals surface area contributed by atoms with Gasteiger partial charge in [-0.2, -0.15) is 0 Å². The number of nitrogens with zero attached hydrogens (tertiary/aromatic N) is 1. The van der Waals surface area contributed by atoms with Gasteiger partial charge in [0.15, 0.2) is 0 Å². The van der Waals surface area contributed by atoms with Crippen molar-refractivity contribution >= 4 is 15.9 Å². The molecule has 2 aromatic rings. The zero-order valence-corrected chi connectivity index (χ0v) is 12.7. The first-order chi connectivity index (χ1) is 9.06. The second-order valence-corrected chi connectivity index (χ2v) is 5.69. The summed E-state index contributed by atoms with van der Waals surface area (Å²) in [6, 6.07) is 13.2. The fourth-order valence-electron chi connectivity index (χ4n) is 2.07. The van der Waals surface area contributed by atoms with Gasteiger partial charge in [0.25, 0.3) is 0 Å². The number of halogens is 2. The molecule has 0 aromatic heterocycles. The monoisotopic (exact) mass is 321 g/mol. The lowest BCUT2D eigenvalue weighted by molar-refractivity contribution is 0.317. The molecule has 0 aliphatic heterocycles. The van der Waals surface area contributed by atoms with Gasteiger partial charge in [0.2, 0.25) is 0 Å². The average molecular weight is 322 g/mol. The lowest BCUT2D eigenvalue weighted by Crippen LogP contribution is -2.18. The average Bonchev–Trinajstić information content (AvgIpc) is 2.36. The summed E-state index contributed by atoms with van der Waals surface area (Å²) in [6.07, 6.45) is 0. The molecule has 0 atom stereocenters. The molecular formula is C16H17BrFN. The normalized spacial score (nSPS) is 11.0. The lowest BCUT2D eigenvalue weighted by atomic mass is 10.1. The van der Waals surface area contributed by atoms with Crippen LogP contribution in [0.25, 0.3) is 0 Å². The molecule has 19 heavy (non-hydrogen) atoms. The fourth-order valence-corrected chi connectivity index (χ4v) is 2.55. The largest absolute Gasteiger partial charge is 0.298 e. The third-order valence-corrected chi connectivity index (χ3v) is 3.90. The highest BCUT2D eigenvalue weighted by Gasteiger charge is 2.07. The summed E-state index contributed by atoms with van der Waals surface area (Å²) in [5, 5.41) is 0. The predicted molar refractivity (Wildman–Crippen MR) is 80.5 cm³/mol. The van der Waals surface area contributed by atoms with Gasteiger partial charge in [-0.05, 0) is 42.8 Å². The van der Waals surface area contributed by atoms with Crippen LogP contribution in [-0.4, -0.2) is 11.9 Å². The third-order valence-electron chi connectivity index (χ3n) is 3.16. The van der Waals surface area contributed by atoms with Crippen molar-refractivity contribution in [2.75, 3.05) is 7.05 Å². The fraction of sp³-hybridized carbons (Fsp3) is 0.250. The molecule has 0 aliphatic carbocycles. The lowest BCUT2D eigenvalue weighted by Gasteiger charge is -2.19. The molecule has 0 aliphatic rings. The van der Waals surface area contributed by atoms with E-state index in [4.69, 9.17) is 0 Å². The summed E-state index contributed by atoms with van der Waals surface area (Å²) in [6.45, 7) is 3.79. The molecule has 0 unspecified atom stereocenters. The molecule has 0 N–H and O–H groups in total. The molecule has 3 heteroatoms. The molecular weight excluding hydrogens is 305 g/mol. The molecule has 0 bridgehead atoms. The van der Waals surface area contributed by atoms with Gasteiger partial charge in [-0.15, -0.1) is 0 Å². The van der Waals surface area contributed by atoms with Crippen LogP contribution < -0.4 is 0 Å². The van der Waals surface area contributed by atoms with Crippen LogP contribution in [0.1, 0.15) is 16.7 Å². The quantitative estimate of drug-likeness (QED) is 0.799. The summed E-state index contributed by atoms with van der Waals surface area (Å²) in [5.74, 6) is -0.211. The molecule has 0 radical (unpaired) electrons. The van der Waals surface area contributed by atoms with Crippen LogP contribution >= 0.6 is 15.9 Å². The van der Waals surface area contributed by atoms with Gasteiger partial charge in [-0.3, -0.25) is 4.90 Å². The van der Waals surface area contributed by atoms with E-state index < -0.39 is 0 Å². The minimum absolute atomic E-state index is 0.211. The van der Waals surface area contributed by atoms with Gasteiger partial charge in [0.05, 0.1) is 0 Å². The van der Waals surface area contributed by atoms with Crippen molar-refractivity contribution in [3.63, 3.8) is 0 Å². The zero-order chi connectivity index (χ0) is 13.8. The van der Waals surface area contributed by atoms with E-state index in [0.29, 0.717) is 0 Å². The highest BCUT2D eigenvalue weighted by Crippen LogP contribution is 2.20. The Bertz CT molecular complexity index is 568. The van der Waals surface area contributed by atoms with Crippen LogP contribution in [0.3, 0.4) is 0 Å². The van der Waals surface area contributed by atoms with E-state index in [1.54, 1.807) is 0 Å². The summed E-state index contributed by atoms with van der Waals surface area (Å²) in [7, 11) is 2.07. The van der Waals surface area contributed by atoms with Crippen LogP contribution in [-0.2, 0) is 13.1 Å². The van der Waals surface area contributed by atoms with Crippen molar-refractivity contribution in [2.45, 2.75) is 20.0 Å². The van der Waals surface area contributed by atoms with Gasteiger partial charge in [-0.1, -0.05) is 46.3 Å². The van der Waals surface area contributed by atoms with Crippen LogP contribution in [0, 0.1) is 12.7 Å². The second kappa shape index (κ2) is 6.31. The zero-order valence-electron chi connectivity index (χ0n) is 11.2. The van der Waals surface area contributed by atoms with Crippen molar-refractivity contribution in [1.29, 1.82) is 0 Å². The van der Waals surface area contributed by atoms with Gasteiger partial charge < -0.3 is 0 Å². The summed E-state index contributed by atoms with van der Waals surface area (Å²) < 4.78 is 13.9. The van der Waals surface area contributed by atoms with E-state index in [0.717, 1.165) is 23.1 Å². The first-order valence-electron chi connectivity index (χ1n) is 6.23. The van der Waals surface area contributed by atoms with Gasteiger partial charge in [0.1, 0.15) is 5.82 Å². The van der Waals surface area contributed by atoms with Crippen molar-refractivity contribution < 1.29 is 4.39 Å². The smallest absolute Gasteiger partial charge is 0.124 e. The first-order valence-corrected chi connectivity index (χ1v) is 7.02. The van der Waals surface area contributed by atoms with Gasteiger partial charge in [-0.25, -0.2) is 4.39 Å². The number of hydrogen-bond donors (Lipinski definition) is 0. The molecule has 1 nitrogen and oxygen atoms in total. The van der Waals surface area contributed by atoms with E-state index in [2.05, 4.69) is 59.1 Å². The van der Waals surface area contributed by atoms with E-state index in [1.165, 1.54) is 23.3 Å². The third kappa shape index (κ3) is 3.88. The van der Waals surface area contributed by atoms with E-state index in [1.807, 2.05) is 6.07 Å². The minimum atomic E-state index is -0.211. The summed E-state index contributed by atoms with van der Waals surface area (Å²) in [4.78, 5) is 2.22. The van der Waals surface area contributed by atoms with Crippen LogP contribution in [0.2, 0.25) is 0 Å². The van der Waals surface area contributed by atoms with Crippen molar-refractivity contribution in [3.05, 3.63) is 69.4 Å². The van der Waals surface area contributed by atoms with Gasteiger partial charge in [0, 0.05) is 17.6 Å². The Kier molecular flexibility index (Phi) is 4.72. The highest BCUT2D eigenvalue weighted by atomic mass is 79.9. The van der Waals surface area contributed by atoms with Crippen LogP contribution in [0.15, 0.2) is 46.9 Å². The van der Waals surface area contributed by atoms with Crippen molar-refractivity contribution in [2.24, 2.45) is 0 Å². The Morgan fingerprint density at radius 2 is 1.74 bits per heavy atom. The Morgan fingerprint density at radius 3 is 2.42 bits per heavy atom. The number of hydrogen-bond acceptors (Lipinski definition) is 1. The minimum Gasteiger partial charge on any atom is -0.298 e. The SMILES string of the molecule is Cc1ccccc1CN(C)Cc1ccc(F)cc1Br. The van der Waals surface area contributed by atoms with Crippen LogP contribution in [0.4, 0.5) is 4.39 Å². The number of aryl methyl sites for hydroxylation is 1. The van der Waals surface area contributed by atoms with Gasteiger partial charge >= 0.3 is 0 Å². The Morgan fingerprint density at radius 1 is 1.05 bits per heavy atom. The standard InChI is InChI=1S/C16H17BrFN/c1-12-5-3-4-6-13(12)10-19(2)11-14-7-8-15(18)9-16(14)17/h3-9H,10-11H2,1-2H3. The summed E-state index contributed by atoms with van der Waals surface area (Å²) in [5.41, 5.74) is 3.72. The molecule has 0 amide bonds. The number of benzene rings is 2. The highest BCUT2D eigenvalue weighted by molar-refractivity contribution is 9.10. The Hall–Kier alpha value is -1.19. The van der Waals surface area contributed by atoms with Crippen molar-refractivity contribution in [3.8, 4) is 0 Å². The Balaban J connectivity index is 2.05. The van der Waals surface area contributed by atoms with E-state index >= 15 is 0 Å². The molecule has 0 saturated carbocycles. The second-order valence-electron chi connectivity index (χ2n) is 4.83. The van der Waals surface area contributed by atoms with Crippen LogP contribution in [0.5, 0.6) is 0 Å². The van der Waals surface area contributed by atoms with Crippen molar-refractivity contribution in [1.82, 2.24) is 4.90 Å². The maximum atomic E-state index is 13.0. The maximum absolute atomic E-state index is 13.0. The topological polar surface area (TPSA) is 3.24 Å². The predicted octanol–water partition coefficient (Wildman–Crippen LogP) is 4.53. The maximum Gasteiger partial charge on any atom is 0.124 e. The number of rotatable bonds is 4. The Labute approximate surface area is 122 Å². The molecule has 100 valence electrons. The molecule has 0 fully saturated rings. The molecule has 2 rings (SSSR count). The van der Waals surface area contributed by atoms with E-state index in [9.17, 15) is 4.39 Å². The summed E-state index contributed by atoms with van der Waals surface area (Å²) >= 11 is 3.41. The molecule has 0 heterocycles.